The van der Waals surface area contributed by atoms with Crippen LogP contribution in [0.15, 0.2) is 73.8 Å². The van der Waals surface area contributed by atoms with Gasteiger partial charge in [0.25, 0.3) is 11.8 Å². The van der Waals surface area contributed by atoms with E-state index in [-0.39, 0.29) is 12.3 Å². The Balaban J connectivity index is 1.69. The third kappa shape index (κ3) is 4.33. The first-order valence-corrected chi connectivity index (χ1v) is 11.1. The maximum absolute atomic E-state index is 14.0. The summed E-state index contributed by atoms with van der Waals surface area (Å²) in [6.07, 6.45) is 5.59. The van der Waals surface area contributed by atoms with Gasteiger partial charge in [-0.25, -0.2) is 0 Å². The smallest absolute Gasteiger partial charge is 0.262 e. The van der Waals surface area contributed by atoms with Gasteiger partial charge in [0.1, 0.15) is 11.8 Å². The van der Waals surface area contributed by atoms with Crippen molar-refractivity contribution in [3.63, 3.8) is 0 Å². The van der Waals surface area contributed by atoms with Gasteiger partial charge < -0.3 is 9.64 Å². The lowest BCUT2D eigenvalue weighted by atomic mass is 10.0. The highest BCUT2D eigenvalue weighted by atomic mass is 16.5. The summed E-state index contributed by atoms with van der Waals surface area (Å²) in [5.41, 5.74) is 1.54. The molecule has 4 rings (SSSR count). The highest BCUT2D eigenvalue weighted by Crippen LogP contribution is 2.35. The zero-order valence-corrected chi connectivity index (χ0v) is 18.8. The van der Waals surface area contributed by atoms with Crippen LogP contribution in [0.3, 0.4) is 0 Å². The van der Waals surface area contributed by atoms with Crippen LogP contribution in [0.2, 0.25) is 0 Å². The fourth-order valence-electron chi connectivity index (χ4n) is 4.32. The van der Waals surface area contributed by atoms with Crippen LogP contribution < -0.4 is 4.74 Å². The topological polar surface area (TPSA) is 66.9 Å². The zero-order chi connectivity index (χ0) is 23.5. The molecule has 2 aliphatic rings. The van der Waals surface area contributed by atoms with Crippen molar-refractivity contribution in [3.05, 3.63) is 90.5 Å². The Morgan fingerprint density at radius 1 is 1.09 bits per heavy atom. The quantitative estimate of drug-likeness (QED) is 0.402. The van der Waals surface area contributed by atoms with E-state index < -0.39 is 23.9 Å². The molecule has 1 aliphatic carbocycles. The number of carbonyl (C=O) groups is 3. The van der Waals surface area contributed by atoms with Crippen molar-refractivity contribution in [1.29, 1.82) is 0 Å². The van der Waals surface area contributed by atoms with Crippen LogP contribution in [0, 0.1) is 5.92 Å². The molecule has 1 aliphatic heterocycles. The van der Waals surface area contributed by atoms with Crippen LogP contribution in [0.5, 0.6) is 5.75 Å². The Bertz CT molecular complexity index is 1050. The monoisotopic (exact) mass is 444 g/mol. The van der Waals surface area contributed by atoms with E-state index in [9.17, 15) is 14.4 Å². The molecule has 1 fully saturated rings. The van der Waals surface area contributed by atoms with Crippen molar-refractivity contribution >= 4 is 17.7 Å². The number of nitrogens with zero attached hydrogens (tertiary/aromatic N) is 2. The lowest BCUT2D eigenvalue weighted by Crippen LogP contribution is -2.52. The molecular weight excluding hydrogens is 416 g/mol. The van der Waals surface area contributed by atoms with E-state index in [2.05, 4.69) is 13.2 Å². The summed E-state index contributed by atoms with van der Waals surface area (Å²) in [6, 6.07) is 12.8. The van der Waals surface area contributed by atoms with Crippen molar-refractivity contribution < 1.29 is 19.1 Å². The molecule has 170 valence electrons. The molecule has 0 N–H and O–H groups in total. The molecule has 0 radical (unpaired) electrons. The average Bonchev–Trinajstić information content (AvgIpc) is 3.63. The predicted molar refractivity (Wildman–Crippen MR) is 126 cm³/mol. The summed E-state index contributed by atoms with van der Waals surface area (Å²) < 4.78 is 5.26. The molecule has 0 aromatic heterocycles. The Labute approximate surface area is 194 Å². The van der Waals surface area contributed by atoms with Gasteiger partial charge in [-0.2, -0.15) is 0 Å². The Morgan fingerprint density at radius 3 is 2.18 bits per heavy atom. The van der Waals surface area contributed by atoms with Gasteiger partial charge in [-0.15, -0.1) is 13.2 Å². The van der Waals surface area contributed by atoms with Crippen LogP contribution in [-0.4, -0.2) is 47.2 Å². The van der Waals surface area contributed by atoms with E-state index in [1.54, 1.807) is 48.4 Å². The predicted octanol–water partition coefficient (Wildman–Crippen LogP) is 4.40. The number of methoxy groups -OCH3 is 1. The summed E-state index contributed by atoms with van der Waals surface area (Å²) in [5, 5.41) is 0. The zero-order valence-electron chi connectivity index (χ0n) is 18.8. The number of benzene rings is 2. The molecule has 33 heavy (non-hydrogen) atoms. The molecular formula is C27H28N2O4. The van der Waals surface area contributed by atoms with Crippen molar-refractivity contribution in [2.75, 3.05) is 13.7 Å². The second-order valence-electron chi connectivity index (χ2n) is 8.45. The lowest BCUT2D eigenvalue weighted by molar-refractivity contribution is -0.137. The largest absolute Gasteiger partial charge is 0.497 e. The molecule has 2 aromatic carbocycles. The summed E-state index contributed by atoms with van der Waals surface area (Å²) >= 11 is 0. The van der Waals surface area contributed by atoms with Gasteiger partial charge in [0.2, 0.25) is 5.91 Å². The highest BCUT2D eigenvalue weighted by molar-refractivity contribution is 6.22. The number of hydrogen-bond donors (Lipinski definition) is 0. The first-order valence-electron chi connectivity index (χ1n) is 11.1. The van der Waals surface area contributed by atoms with E-state index in [1.165, 1.54) is 0 Å². The van der Waals surface area contributed by atoms with Gasteiger partial charge in [0.05, 0.1) is 24.3 Å². The third-order valence-corrected chi connectivity index (χ3v) is 6.26. The molecule has 2 atom stereocenters. The molecule has 6 nitrogen and oxygen atoms in total. The summed E-state index contributed by atoms with van der Waals surface area (Å²) in [6.45, 7) is 8.30. The molecule has 1 unspecified atom stereocenters. The van der Waals surface area contributed by atoms with E-state index in [0.29, 0.717) is 23.6 Å². The number of fused-ring (bicyclic) bond motifs is 1. The summed E-state index contributed by atoms with van der Waals surface area (Å²) in [5.74, 6) is -0.0426. The van der Waals surface area contributed by atoms with Gasteiger partial charge >= 0.3 is 0 Å². The minimum Gasteiger partial charge on any atom is -0.497 e. The molecule has 1 saturated carbocycles. The van der Waals surface area contributed by atoms with Crippen molar-refractivity contribution in [2.45, 2.75) is 31.3 Å². The first-order chi connectivity index (χ1) is 16.0. The van der Waals surface area contributed by atoms with Crippen LogP contribution >= 0.6 is 0 Å². The Kier molecular flexibility index (Phi) is 6.45. The minimum atomic E-state index is -0.964. The Hall–Kier alpha value is -3.67. The van der Waals surface area contributed by atoms with Gasteiger partial charge in [0.15, 0.2) is 0 Å². The Morgan fingerprint density at radius 2 is 1.70 bits per heavy atom. The molecule has 0 bridgehead atoms. The molecule has 3 amide bonds. The van der Waals surface area contributed by atoms with E-state index in [0.717, 1.165) is 29.1 Å². The number of hydrogen-bond acceptors (Lipinski definition) is 4. The number of rotatable bonds is 10. The number of amides is 3. The van der Waals surface area contributed by atoms with E-state index in [4.69, 9.17) is 4.74 Å². The standard InChI is InChI=1S/C27H28N2O4/c1-4-8-24(29-25(30)21-9-6-7-10-22(21)26(29)31)27(32)28(17-18-11-12-18)23(5-2)19-13-15-20(33-3)16-14-19/h4-7,9-10,13-16,18,23-24H,1-2,8,11-12,17H2,3H3/t23-,24?/m0/s1. The van der Waals surface area contributed by atoms with Crippen LogP contribution in [0.4, 0.5) is 0 Å². The second kappa shape index (κ2) is 9.45. The first kappa shape index (κ1) is 22.5. The van der Waals surface area contributed by atoms with Crippen LogP contribution in [-0.2, 0) is 4.79 Å². The molecule has 0 spiro atoms. The summed E-state index contributed by atoms with van der Waals surface area (Å²) in [4.78, 5) is 43.1. The van der Waals surface area contributed by atoms with Crippen LogP contribution in [0.1, 0.15) is 51.6 Å². The van der Waals surface area contributed by atoms with Gasteiger partial charge in [-0.05, 0) is 55.0 Å². The average molecular weight is 445 g/mol. The molecule has 6 heteroatoms. The van der Waals surface area contributed by atoms with E-state index in [1.807, 2.05) is 24.3 Å². The summed E-state index contributed by atoms with van der Waals surface area (Å²) in [7, 11) is 1.60. The number of ether oxygens (including phenoxy) is 1. The highest BCUT2D eigenvalue weighted by Gasteiger charge is 2.44. The van der Waals surface area contributed by atoms with Gasteiger partial charge in [-0.1, -0.05) is 36.4 Å². The maximum atomic E-state index is 14.0. The minimum absolute atomic E-state index is 0.179. The van der Waals surface area contributed by atoms with E-state index >= 15 is 0 Å². The lowest BCUT2D eigenvalue weighted by Gasteiger charge is -2.35. The molecule has 1 heterocycles. The molecule has 2 aromatic rings. The number of imide groups is 1. The maximum Gasteiger partial charge on any atom is 0.262 e. The number of carbonyl (C=O) groups excluding carboxylic acids is 3. The second-order valence-corrected chi connectivity index (χ2v) is 8.45. The third-order valence-electron chi connectivity index (χ3n) is 6.26. The fraction of sp³-hybridized carbons (Fsp3) is 0.296. The van der Waals surface area contributed by atoms with Gasteiger partial charge in [-0.3, -0.25) is 19.3 Å². The normalized spacial score (nSPS) is 16.7. The van der Waals surface area contributed by atoms with Crippen molar-refractivity contribution in [1.82, 2.24) is 9.80 Å². The van der Waals surface area contributed by atoms with Crippen LogP contribution in [0.25, 0.3) is 0 Å². The molecule has 0 saturated heterocycles. The van der Waals surface area contributed by atoms with Crippen molar-refractivity contribution in [3.8, 4) is 5.75 Å². The van der Waals surface area contributed by atoms with Gasteiger partial charge in [0, 0.05) is 6.54 Å². The van der Waals surface area contributed by atoms with Crippen molar-refractivity contribution in [2.24, 2.45) is 5.92 Å². The SMILES string of the molecule is C=CCC(C(=O)N(CC1CC1)[C@@H](C=C)c1ccc(OC)cc1)N1C(=O)c2ccccc2C1=O. The fourth-order valence-corrected chi connectivity index (χ4v) is 4.32.